The van der Waals surface area contributed by atoms with Crippen molar-refractivity contribution < 1.29 is 13.9 Å². The number of fused-ring (bicyclic) bond motifs is 1. The van der Waals surface area contributed by atoms with E-state index in [0.717, 1.165) is 12.5 Å². The number of halogens is 2. The van der Waals surface area contributed by atoms with Crippen molar-refractivity contribution in [1.82, 2.24) is 0 Å². The molecule has 0 aliphatic heterocycles. The summed E-state index contributed by atoms with van der Waals surface area (Å²) in [4.78, 5) is 0. The van der Waals surface area contributed by atoms with E-state index in [1.807, 2.05) is 18.2 Å². The zero-order chi connectivity index (χ0) is 13.4. The predicted octanol–water partition coefficient (Wildman–Crippen LogP) is 3.73. The zero-order valence-corrected chi connectivity index (χ0v) is 10.3. The summed E-state index contributed by atoms with van der Waals surface area (Å²) < 4.78 is 26.2. The van der Waals surface area contributed by atoms with Crippen molar-refractivity contribution in [3.63, 3.8) is 0 Å². The lowest BCUT2D eigenvalue weighted by Crippen LogP contribution is -2.19. The Kier molecular flexibility index (Phi) is 3.07. The zero-order valence-electron chi connectivity index (χ0n) is 10.3. The van der Waals surface area contributed by atoms with Crippen LogP contribution in [-0.2, 0) is 6.42 Å². The van der Waals surface area contributed by atoms with Crippen molar-refractivity contribution in [2.45, 2.75) is 24.9 Å². The van der Waals surface area contributed by atoms with E-state index < -0.39 is 17.7 Å². The first-order valence-electron chi connectivity index (χ1n) is 6.35. The van der Waals surface area contributed by atoms with Crippen molar-refractivity contribution in [3.05, 3.63) is 70.8 Å². The van der Waals surface area contributed by atoms with E-state index in [1.165, 1.54) is 23.3 Å². The van der Waals surface area contributed by atoms with E-state index in [9.17, 15) is 13.9 Å². The minimum absolute atomic E-state index is 0.275. The van der Waals surface area contributed by atoms with Gasteiger partial charge in [-0.05, 0) is 47.6 Å². The van der Waals surface area contributed by atoms with Gasteiger partial charge in [0.15, 0.2) is 0 Å². The van der Waals surface area contributed by atoms with Crippen LogP contribution in [0.5, 0.6) is 0 Å². The first kappa shape index (κ1) is 12.3. The summed E-state index contributed by atoms with van der Waals surface area (Å²) in [6.07, 6.45) is 0.592. The van der Waals surface area contributed by atoms with E-state index in [4.69, 9.17) is 0 Å². The Labute approximate surface area is 110 Å². The van der Waals surface area contributed by atoms with Crippen molar-refractivity contribution in [2.24, 2.45) is 0 Å². The molecule has 1 nitrogen and oxygen atoms in total. The summed E-state index contributed by atoms with van der Waals surface area (Å²) in [7, 11) is 0. The summed E-state index contributed by atoms with van der Waals surface area (Å²) in [6.45, 7) is 0. The molecule has 3 heteroatoms. The van der Waals surface area contributed by atoms with Gasteiger partial charge in [0, 0.05) is 6.07 Å². The SMILES string of the molecule is OC(CC1Cc2ccccc21)c1cc(F)cc(F)c1. The van der Waals surface area contributed by atoms with E-state index in [2.05, 4.69) is 6.07 Å². The fourth-order valence-electron chi connectivity index (χ4n) is 2.75. The fraction of sp³-hybridized carbons (Fsp3) is 0.250. The molecule has 0 radical (unpaired) electrons. The van der Waals surface area contributed by atoms with Gasteiger partial charge in [-0.2, -0.15) is 0 Å². The van der Waals surface area contributed by atoms with Crippen LogP contribution in [0.3, 0.4) is 0 Å². The van der Waals surface area contributed by atoms with Gasteiger partial charge in [0.05, 0.1) is 6.10 Å². The Hall–Kier alpha value is -1.74. The minimum Gasteiger partial charge on any atom is -0.388 e. The number of aliphatic hydroxyl groups excluding tert-OH is 1. The summed E-state index contributed by atoms with van der Waals surface area (Å²) in [5.74, 6) is -1.02. The molecule has 3 rings (SSSR count). The average molecular weight is 260 g/mol. The number of aliphatic hydroxyl groups is 1. The molecular formula is C16H14F2O. The second kappa shape index (κ2) is 4.74. The van der Waals surface area contributed by atoms with Gasteiger partial charge in [-0.1, -0.05) is 24.3 Å². The van der Waals surface area contributed by atoms with Gasteiger partial charge in [0.2, 0.25) is 0 Å². The highest BCUT2D eigenvalue weighted by Gasteiger charge is 2.28. The maximum Gasteiger partial charge on any atom is 0.126 e. The molecule has 2 aromatic rings. The van der Waals surface area contributed by atoms with Crippen LogP contribution in [0.4, 0.5) is 8.78 Å². The molecule has 2 atom stereocenters. The maximum absolute atomic E-state index is 13.1. The van der Waals surface area contributed by atoms with Crippen molar-refractivity contribution in [2.75, 3.05) is 0 Å². The summed E-state index contributed by atoms with van der Waals surface area (Å²) in [5.41, 5.74) is 2.84. The van der Waals surface area contributed by atoms with Gasteiger partial charge in [-0.15, -0.1) is 0 Å². The Morgan fingerprint density at radius 3 is 2.47 bits per heavy atom. The van der Waals surface area contributed by atoms with Crippen LogP contribution in [-0.4, -0.2) is 5.11 Å². The Balaban J connectivity index is 1.74. The van der Waals surface area contributed by atoms with Crippen LogP contribution in [0.15, 0.2) is 42.5 Å². The third kappa shape index (κ3) is 2.38. The lowest BCUT2D eigenvalue weighted by Gasteiger charge is -2.31. The Bertz CT molecular complexity index is 589. The van der Waals surface area contributed by atoms with Gasteiger partial charge < -0.3 is 5.11 Å². The van der Waals surface area contributed by atoms with Gasteiger partial charge in [-0.3, -0.25) is 0 Å². The third-order valence-electron chi connectivity index (χ3n) is 3.74. The first-order chi connectivity index (χ1) is 9.13. The minimum atomic E-state index is -0.830. The molecule has 2 aromatic carbocycles. The van der Waals surface area contributed by atoms with Crippen molar-refractivity contribution in [1.29, 1.82) is 0 Å². The van der Waals surface area contributed by atoms with E-state index in [0.29, 0.717) is 12.0 Å². The van der Waals surface area contributed by atoms with Crippen LogP contribution in [0.25, 0.3) is 0 Å². The molecule has 19 heavy (non-hydrogen) atoms. The molecule has 1 aliphatic rings. The molecule has 0 spiro atoms. The summed E-state index contributed by atoms with van der Waals surface area (Å²) in [5, 5.41) is 10.1. The lowest BCUT2D eigenvalue weighted by atomic mass is 9.74. The molecule has 0 bridgehead atoms. The molecular weight excluding hydrogens is 246 g/mol. The molecule has 0 saturated heterocycles. The summed E-state index contributed by atoms with van der Waals surface area (Å²) in [6, 6.07) is 11.3. The molecule has 0 fully saturated rings. The average Bonchev–Trinajstić information content (AvgIpc) is 2.34. The largest absolute Gasteiger partial charge is 0.388 e. The molecule has 98 valence electrons. The normalized spacial score (nSPS) is 18.6. The third-order valence-corrected chi connectivity index (χ3v) is 3.74. The van der Waals surface area contributed by atoms with Crippen LogP contribution in [0, 0.1) is 11.6 Å². The second-order valence-corrected chi connectivity index (χ2v) is 5.05. The quantitative estimate of drug-likeness (QED) is 0.891. The molecule has 0 amide bonds. The molecule has 0 heterocycles. The van der Waals surface area contributed by atoms with Gasteiger partial charge in [0.1, 0.15) is 11.6 Å². The number of hydrogen-bond acceptors (Lipinski definition) is 1. The molecule has 1 N–H and O–H groups in total. The monoisotopic (exact) mass is 260 g/mol. The topological polar surface area (TPSA) is 20.2 Å². The standard InChI is InChI=1S/C16H14F2O/c17-13-6-12(7-14(18)9-13)16(19)8-11-5-10-3-1-2-4-15(10)11/h1-4,6-7,9,11,16,19H,5,8H2. The highest BCUT2D eigenvalue weighted by Crippen LogP contribution is 2.40. The molecule has 2 unspecified atom stereocenters. The maximum atomic E-state index is 13.1. The summed E-state index contributed by atoms with van der Waals surface area (Å²) >= 11 is 0. The van der Waals surface area contributed by atoms with E-state index in [1.54, 1.807) is 0 Å². The smallest absolute Gasteiger partial charge is 0.126 e. The van der Waals surface area contributed by atoms with Crippen LogP contribution in [0.1, 0.15) is 35.1 Å². The van der Waals surface area contributed by atoms with Gasteiger partial charge >= 0.3 is 0 Å². The van der Waals surface area contributed by atoms with Gasteiger partial charge in [0.25, 0.3) is 0 Å². The first-order valence-corrected chi connectivity index (χ1v) is 6.35. The van der Waals surface area contributed by atoms with Crippen LogP contribution < -0.4 is 0 Å². The molecule has 1 aliphatic carbocycles. The lowest BCUT2D eigenvalue weighted by molar-refractivity contribution is 0.153. The Morgan fingerprint density at radius 1 is 1.11 bits per heavy atom. The fourth-order valence-corrected chi connectivity index (χ4v) is 2.75. The molecule has 0 saturated carbocycles. The van der Waals surface area contributed by atoms with Crippen molar-refractivity contribution >= 4 is 0 Å². The van der Waals surface area contributed by atoms with E-state index >= 15 is 0 Å². The Morgan fingerprint density at radius 2 is 1.79 bits per heavy atom. The number of rotatable bonds is 3. The van der Waals surface area contributed by atoms with Crippen LogP contribution >= 0.6 is 0 Å². The van der Waals surface area contributed by atoms with E-state index in [-0.39, 0.29) is 5.92 Å². The van der Waals surface area contributed by atoms with Crippen molar-refractivity contribution in [3.8, 4) is 0 Å². The number of benzene rings is 2. The highest BCUT2D eigenvalue weighted by atomic mass is 19.1. The predicted molar refractivity (Wildman–Crippen MR) is 68.8 cm³/mol. The molecule has 0 aromatic heterocycles. The van der Waals surface area contributed by atoms with Gasteiger partial charge in [-0.25, -0.2) is 8.78 Å². The highest BCUT2D eigenvalue weighted by molar-refractivity contribution is 5.40. The number of hydrogen-bond donors (Lipinski definition) is 1. The second-order valence-electron chi connectivity index (χ2n) is 5.05. The van der Waals surface area contributed by atoms with Crippen LogP contribution in [0.2, 0.25) is 0 Å².